The highest BCUT2D eigenvalue weighted by Crippen LogP contribution is 2.29. The predicted octanol–water partition coefficient (Wildman–Crippen LogP) is 4.89. The summed E-state index contributed by atoms with van der Waals surface area (Å²) in [7, 11) is 0. The van der Waals surface area contributed by atoms with Crippen LogP contribution in [0.1, 0.15) is 26.4 Å². The van der Waals surface area contributed by atoms with Gasteiger partial charge in [0.1, 0.15) is 5.82 Å². The van der Waals surface area contributed by atoms with Gasteiger partial charge in [0.05, 0.1) is 4.88 Å². The van der Waals surface area contributed by atoms with Gasteiger partial charge in [0.2, 0.25) is 5.78 Å². The highest BCUT2D eigenvalue weighted by Gasteiger charge is 2.15. The smallest absolute Gasteiger partial charge is 0.203 e. The second kappa shape index (κ2) is 4.84. The van der Waals surface area contributed by atoms with E-state index >= 15 is 0 Å². The summed E-state index contributed by atoms with van der Waals surface area (Å²) in [5.41, 5.74) is 2.74. The summed E-state index contributed by atoms with van der Waals surface area (Å²) < 4.78 is 14.0. The molecule has 0 aliphatic heterocycles. The molecule has 1 heterocycles. The van der Waals surface area contributed by atoms with Crippen molar-refractivity contribution in [2.24, 2.45) is 0 Å². The van der Waals surface area contributed by atoms with E-state index in [-0.39, 0.29) is 11.6 Å². The van der Waals surface area contributed by atoms with Crippen molar-refractivity contribution in [3.63, 3.8) is 0 Å². The van der Waals surface area contributed by atoms with Crippen LogP contribution in [0.4, 0.5) is 4.39 Å². The van der Waals surface area contributed by atoms with Crippen LogP contribution < -0.4 is 0 Å². The van der Waals surface area contributed by atoms with Crippen molar-refractivity contribution in [3.8, 4) is 0 Å². The Labute approximate surface area is 120 Å². The van der Waals surface area contributed by atoms with Crippen LogP contribution >= 0.6 is 11.3 Å². The Morgan fingerprint density at radius 3 is 2.65 bits per heavy atom. The monoisotopic (exact) mass is 284 g/mol. The fourth-order valence-electron chi connectivity index (χ4n) is 2.23. The van der Waals surface area contributed by atoms with E-state index in [1.165, 1.54) is 23.5 Å². The molecule has 0 saturated carbocycles. The first-order valence-corrected chi connectivity index (χ1v) is 7.17. The minimum atomic E-state index is -0.273. The van der Waals surface area contributed by atoms with Crippen LogP contribution in [0.5, 0.6) is 0 Å². The van der Waals surface area contributed by atoms with Crippen molar-refractivity contribution in [1.29, 1.82) is 0 Å². The number of thiophene rings is 1. The van der Waals surface area contributed by atoms with Gasteiger partial charge in [-0.15, -0.1) is 11.3 Å². The summed E-state index contributed by atoms with van der Waals surface area (Å²) >= 11 is 1.34. The van der Waals surface area contributed by atoms with Gasteiger partial charge in [-0.1, -0.05) is 23.8 Å². The number of benzene rings is 2. The number of halogens is 1. The molecule has 0 saturated heterocycles. The van der Waals surface area contributed by atoms with Crippen LogP contribution in [0.2, 0.25) is 0 Å². The van der Waals surface area contributed by atoms with Gasteiger partial charge in [-0.25, -0.2) is 4.39 Å². The average molecular weight is 284 g/mol. The number of carbonyl (C=O) groups excluding carboxylic acids is 1. The summed E-state index contributed by atoms with van der Waals surface area (Å²) in [5, 5.41) is 0.907. The fourth-order valence-corrected chi connectivity index (χ4v) is 3.27. The molecular weight excluding hydrogens is 271 g/mol. The van der Waals surface area contributed by atoms with Crippen molar-refractivity contribution < 1.29 is 9.18 Å². The van der Waals surface area contributed by atoms with Gasteiger partial charge in [0.15, 0.2) is 0 Å². The maximum absolute atomic E-state index is 13.2. The summed E-state index contributed by atoms with van der Waals surface area (Å²) in [5.74, 6) is -0.266. The molecule has 0 spiro atoms. The average Bonchev–Trinajstić information content (AvgIpc) is 2.83. The molecule has 0 unspecified atom stereocenters. The number of fused-ring (bicyclic) bond motifs is 1. The lowest BCUT2D eigenvalue weighted by Gasteiger charge is -2.04. The first kappa shape index (κ1) is 13.0. The van der Waals surface area contributed by atoms with E-state index in [2.05, 4.69) is 0 Å². The molecule has 0 aliphatic carbocycles. The Morgan fingerprint density at radius 1 is 1.05 bits per heavy atom. The molecule has 0 bridgehead atoms. The van der Waals surface area contributed by atoms with Gasteiger partial charge in [0, 0.05) is 10.3 Å². The van der Waals surface area contributed by atoms with Crippen molar-refractivity contribution >= 4 is 27.2 Å². The number of carbonyl (C=O) groups is 1. The first-order chi connectivity index (χ1) is 9.54. The number of ketones is 1. The summed E-state index contributed by atoms with van der Waals surface area (Å²) in [4.78, 5) is 13.2. The van der Waals surface area contributed by atoms with Crippen molar-refractivity contribution in [3.05, 3.63) is 69.8 Å². The molecule has 3 rings (SSSR count). The standard InChI is InChI=1S/C17H13FOS/c1-10-3-4-11(2)14(7-10)17(19)16-8-12-5-6-13(18)9-15(12)20-16/h3-9H,1-2H3. The lowest BCUT2D eigenvalue weighted by Crippen LogP contribution is -2.01. The minimum absolute atomic E-state index is 0.00723. The summed E-state index contributed by atoms with van der Waals surface area (Å²) in [6, 6.07) is 12.3. The Bertz CT molecular complexity index is 817. The number of rotatable bonds is 2. The highest BCUT2D eigenvalue weighted by atomic mass is 32.1. The molecule has 0 N–H and O–H groups in total. The van der Waals surface area contributed by atoms with E-state index in [0.29, 0.717) is 4.88 Å². The second-order valence-corrected chi connectivity index (χ2v) is 6.02. The molecule has 2 aromatic carbocycles. The Kier molecular flexibility index (Phi) is 3.14. The van der Waals surface area contributed by atoms with Crippen molar-refractivity contribution in [2.75, 3.05) is 0 Å². The zero-order valence-electron chi connectivity index (χ0n) is 11.2. The third kappa shape index (κ3) is 2.25. The van der Waals surface area contributed by atoms with E-state index in [9.17, 15) is 9.18 Å². The third-order valence-corrected chi connectivity index (χ3v) is 4.44. The molecule has 0 fully saturated rings. The van der Waals surface area contributed by atoms with E-state index in [4.69, 9.17) is 0 Å². The van der Waals surface area contributed by atoms with Crippen LogP contribution in [0.3, 0.4) is 0 Å². The molecule has 0 aliphatic rings. The Balaban J connectivity index is 2.10. The van der Waals surface area contributed by atoms with Crippen LogP contribution in [-0.4, -0.2) is 5.78 Å². The zero-order chi connectivity index (χ0) is 14.3. The largest absolute Gasteiger partial charge is 0.288 e. The van der Waals surface area contributed by atoms with Crippen LogP contribution in [0, 0.1) is 19.7 Å². The minimum Gasteiger partial charge on any atom is -0.288 e. The van der Waals surface area contributed by atoms with E-state index in [1.807, 2.05) is 38.1 Å². The van der Waals surface area contributed by atoms with E-state index < -0.39 is 0 Å². The van der Waals surface area contributed by atoms with Crippen LogP contribution in [0.25, 0.3) is 10.1 Å². The van der Waals surface area contributed by atoms with Gasteiger partial charge in [-0.3, -0.25) is 4.79 Å². The Hall–Kier alpha value is -2.00. The van der Waals surface area contributed by atoms with Gasteiger partial charge in [0.25, 0.3) is 0 Å². The predicted molar refractivity (Wildman–Crippen MR) is 81.1 cm³/mol. The Morgan fingerprint density at radius 2 is 1.85 bits per heavy atom. The van der Waals surface area contributed by atoms with E-state index in [1.54, 1.807) is 6.07 Å². The second-order valence-electron chi connectivity index (χ2n) is 4.94. The third-order valence-electron chi connectivity index (χ3n) is 3.34. The van der Waals surface area contributed by atoms with Gasteiger partial charge < -0.3 is 0 Å². The van der Waals surface area contributed by atoms with E-state index in [0.717, 1.165) is 26.8 Å². The lowest BCUT2D eigenvalue weighted by molar-refractivity contribution is 0.104. The fraction of sp³-hybridized carbons (Fsp3) is 0.118. The molecule has 1 aromatic heterocycles. The molecule has 0 radical (unpaired) electrons. The topological polar surface area (TPSA) is 17.1 Å². The molecule has 0 amide bonds. The number of hydrogen-bond donors (Lipinski definition) is 0. The van der Waals surface area contributed by atoms with Gasteiger partial charge in [-0.05, 0) is 49.1 Å². The van der Waals surface area contributed by atoms with Gasteiger partial charge >= 0.3 is 0 Å². The van der Waals surface area contributed by atoms with Gasteiger partial charge in [-0.2, -0.15) is 0 Å². The highest BCUT2D eigenvalue weighted by molar-refractivity contribution is 7.21. The molecule has 100 valence electrons. The summed E-state index contributed by atoms with van der Waals surface area (Å²) in [6.45, 7) is 3.90. The normalized spacial score (nSPS) is 10.9. The molecule has 20 heavy (non-hydrogen) atoms. The number of aryl methyl sites for hydroxylation is 2. The van der Waals surface area contributed by atoms with Crippen LogP contribution in [-0.2, 0) is 0 Å². The molecule has 0 atom stereocenters. The van der Waals surface area contributed by atoms with Crippen molar-refractivity contribution in [1.82, 2.24) is 0 Å². The maximum Gasteiger partial charge on any atom is 0.203 e. The maximum atomic E-state index is 13.2. The molecule has 3 aromatic rings. The lowest BCUT2D eigenvalue weighted by atomic mass is 10.0. The zero-order valence-corrected chi connectivity index (χ0v) is 12.1. The molecule has 3 heteroatoms. The number of hydrogen-bond acceptors (Lipinski definition) is 2. The van der Waals surface area contributed by atoms with Crippen molar-refractivity contribution in [2.45, 2.75) is 13.8 Å². The quantitative estimate of drug-likeness (QED) is 0.612. The van der Waals surface area contributed by atoms with Crippen LogP contribution in [0.15, 0.2) is 42.5 Å². The molecular formula is C17H13FOS. The molecule has 1 nitrogen and oxygen atoms in total. The SMILES string of the molecule is Cc1ccc(C)c(C(=O)c2cc3ccc(F)cc3s2)c1. The summed E-state index contributed by atoms with van der Waals surface area (Å²) in [6.07, 6.45) is 0. The first-order valence-electron chi connectivity index (χ1n) is 6.35.